The number of hydrogen-bond acceptors (Lipinski definition) is 5. The molecule has 1 N–H and O–H groups in total. The van der Waals surface area contributed by atoms with Crippen molar-refractivity contribution in [2.45, 2.75) is 32.9 Å². The van der Waals surface area contributed by atoms with Gasteiger partial charge in [0.25, 0.3) is 5.91 Å². The van der Waals surface area contributed by atoms with E-state index in [4.69, 9.17) is 4.74 Å². The maximum Gasteiger partial charge on any atom is 0.338 e. The molecule has 1 fully saturated rings. The van der Waals surface area contributed by atoms with Crippen LogP contribution in [0.15, 0.2) is 65.9 Å². The highest BCUT2D eigenvalue weighted by atomic mass is 16.5. The Balaban J connectivity index is 1.62. The average molecular weight is 491 g/mol. The van der Waals surface area contributed by atoms with E-state index in [-0.39, 0.29) is 24.6 Å². The van der Waals surface area contributed by atoms with Gasteiger partial charge in [0.05, 0.1) is 18.2 Å². The first kappa shape index (κ1) is 25.4. The minimum absolute atomic E-state index is 0.0166. The first-order valence-corrected chi connectivity index (χ1v) is 12.4. The number of nitrogens with one attached hydrogen (secondary N) is 1. The minimum Gasteiger partial charge on any atom is -0.463 e. The Morgan fingerprint density at radius 2 is 1.75 bits per heavy atom. The molecule has 0 saturated carbocycles. The fourth-order valence-corrected chi connectivity index (χ4v) is 4.98. The molecule has 1 saturated heterocycles. The fourth-order valence-electron chi connectivity index (χ4n) is 4.98. The Morgan fingerprint density at radius 1 is 1.06 bits per heavy atom. The molecule has 2 aliphatic rings. The molecule has 2 aliphatic heterocycles. The van der Waals surface area contributed by atoms with Crippen LogP contribution in [0.5, 0.6) is 0 Å². The number of ether oxygens (including phenoxy) is 1. The summed E-state index contributed by atoms with van der Waals surface area (Å²) in [6, 6.07) is 16.1. The highest BCUT2D eigenvalue weighted by Crippen LogP contribution is 2.33. The number of likely N-dealkylation sites (N-methyl/N-ethyl adjacent to an activating group) is 1. The maximum absolute atomic E-state index is 13.2. The summed E-state index contributed by atoms with van der Waals surface area (Å²) in [5, 5.41) is 2.99. The Bertz CT molecular complexity index is 1160. The molecule has 4 rings (SSSR count). The summed E-state index contributed by atoms with van der Waals surface area (Å²) in [6.45, 7) is 8.23. The molecule has 2 heterocycles. The SMILES string of the molecule is CCOC(=O)C1=C(CN2CCN(C(=O)c3ccccc3)[C@@H](C)C2)N(C)C(=O)N[C@H]1c1ccccc1C. The number of rotatable bonds is 6. The monoisotopic (exact) mass is 490 g/mol. The Labute approximate surface area is 212 Å². The third-order valence-corrected chi connectivity index (χ3v) is 6.94. The zero-order valence-corrected chi connectivity index (χ0v) is 21.4. The molecule has 0 bridgehead atoms. The molecule has 190 valence electrons. The zero-order valence-electron chi connectivity index (χ0n) is 21.4. The van der Waals surface area contributed by atoms with E-state index in [0.717, 1.165) is 11.1 Å². The van der Waals surface area contributed by atoms with Crippen molar-refractivity contribution in [3.05, 3.63) is 82.6 Å². The Morgan fingerprint density at radius 3 is 2.42 bits per heavy atom. The van der Waals surface area contributed by atoms with Gasteiger partial charge in [0.15, 0.2) is 0 Å². The second-order valence-corrected chi connectivity index (χ2v) is 9.33. The summed E-state index contributed by atoms with van der Waals surface area (Å²) < 4.78 is 5.45. The van der Waals surface area contributed by atoms with Crippen LogP contribution in [-0.4, -0.2) is 78.5 Å². The van der Waals surface area contributed by atoms with Crippen LogP contribution in [0.4, 0.5) is 4.79 Å². The van der Waals surface area contributed by atoms with E-state index in [1.165, 1.54) is 4.90 Å². The van der Waals surface area contributed by atoms with E-state index in [1.54, 1.807) is 14.0 Å². The molecule has 0 aliphatic carbocycles. The lowest BCUT2D eigenvalue weighted by molar-refractivity contribution is -0.139. The van der Waals surface area contributed by atoms with Crippen molar-refractivity contribution >= 4 is 17.9 Å². The van der Waals surface area contributed by atoms with Crippen molar-refractivity contribution < 1.29 is 19.1 Å². The molecule has 2 aromatic rings. The van der Waals surface area contributed by atoms with Crippen LogP contribution in [0.1, 0.15) is 41.4 Å². The molecule has 0 spiro atoms. The molecule has 2 atom stereocenters. The van der Waals surface area contributed by atoms with Crippen LogP contribution in [0, 0.1) is 6.92 Å². The number of nitrogens with zero attached hydrogens (tertiary/aromatic N) is 3. The molecular weight excluding hydrogens is 456 g/mol. The fraction of sp³-hybridized carbons (Fsp3) is 0.393. The smallest absolute Gasteiger partial charge is 0.338 e. The molecule has 0 aromatic heterocycles. The van der Waals surface area contributed by atoms with Gasteiger partial charge in [-0.15, -0.1) is 0 Å². The molecule has 8 nitrogen and oxygen atoms in total. The van der Waals surface area contributed by atoms with Gasteiger partial charge in [-0.1, -0.05) is 42.5 Å². The first-order valence-electron chi connectivity index (χ1n) is 12.4. The predicted octanol–water partition coefficient (Wildman–Crippen LogP) is 3.35. The van der Waals surface area contributed by atoms with Crippen molar-refractivity contribution in [2.24, 2.45) is 0 Å². The van der Waals surface area contributed by atoms with Crippen molar-refractivity contribution in [3.63, 3.8) is 0 Å². The number of hydrogen-bond donors (Lipinski definition) is 1. The number of aryl methyl sites for hydroxylation is 1. The van der Waals surface area contributed by atoms with E-state index in [9.17, 15) is 14.4 Å². The second-order valence-electron chi connectivity index (χ2n) is 9.33. The summed E-state index contributed by atoms with van der Waals surface area (Å²) in [7, 11) is 1.68. The van der Waals surface area contributed by atoms with Crippen molar-refractivity contribution in [1.29, 1.82) is 0 Å². The van der Waals surface area contributed by atoms with E-state index in [0.29, 0.717) is 43.0 Å². The van der Waals surface area contributed by atoms with Crippen molar-refractivity contribution in [2.75, 3.05) is 39.8 Å². The maximum atomic E-state index is 13.2. The number of benzene rings is 2. The van der Waals surface area contributed by atoms with Gasteiger partial charge in [0.1, 0.15) is 0 Å². The highest BCUT2D eigenvalue weighted by Gasteiger charge is 2.38. The van der Waals surface area contributed by atoms with E-state index >= 15 is 0 Å². The highest BCUT2D eigenvalue weighted by molar-refractivity contribution is 5.95. The molecule has 0 unspecified atom stereocenters. The van der Waals surface area contributed by atoms with Crippen LogP contribution >= 0.6 is 0 Å². The van der Waals surface area contributed by atoms with Crippen molar-refractivity contribution in [1.82, 2.24) is 20.0 Å². The summed E-state index contributed by atoms with van der Waals surface area (Å²) in [4.78, 5) is 44.8. The van der Waals surface area contributed by atoms with Crippen LogP contribution in [-0.2, 0) is 9.53 Å². The van der Waals surface area contributed by atoms with Gasteiger partial charge >= 0.3 is 12.0 Å². The molecule has 0 radical (unpaired) electrons. The van der Waals surface area contributed by atoms with Gasteiger partial charge in [0.2, 0.25) is 0 Å². The summed E-state index contributed by atoms with van der Waals surface area (Å²) in [6.07, 6.45) is 0. The Hall–Kier alpha value is -3.65. The summed E-state index contributed by atoms with van der Waals surface area (Å²) in [5.41, 5.74) is 3.60. The van der Waals surface area contributed by atoms with Gasteiger partial charge in [-0.2, -0.15) is 0 Å². The summed E-state index contributed by atoms with van der Waals surface area (Å²) in [5.74, 6) is -0.415. The largest absolute Gasteiger partial charge is 0.463 e. The van der Waals surface area contributed by atoms with E-state index < -0.39 is 12.0 Å². The van der Waals surface area contributed by atoms with E-state index in [2.05, 4.69) is 10.2 Å². The normalized spacial score (nSPS) is 20.8. The molecular formula is C28H34N4O4. The zero-order chi connectivity index (χ0) is 25.8. The van der Waals surface area contributed by atoms with Crippen LogP contribution in [0.3, 0.4) is 0 Å². The molecule has 3 amide bonds. The minimum atomic E-state index is -0.595. The third-order valence-electron chi connectivity index (χ3n) is 6.94. The standard InChI is InChI=1S/C28H34N4O4/c1-5-36-27(34)24-23(30(4)28(35)29-25(24)22-14-10-9-11-19(22)2)18-31-15-16-32(20(3)17-31)26(33)21-12-7-6-8-13-21/h6-14,20,25H,5,15-18H2,1-4H3,(H,29,35)/t20-,25-/m0/s1. The van der Waals surface area contributed by atoms with Crippen LogP contribution in [0.2, 0.25) is 0 Å². The lowest BCUT2D eigenvalue weighted by Gasteiger charge is -2.42. The van der Waals surface area contributed by atoms with Gasteiger partial charge < -0.3 is 15.0 Å². The van der Waals surface area contributed by atoms with Gasteiger partial charge in [-0.3, -0.25) is 14.6 Å². The number of esters is 1. The molecule has 2 aromatic carbocycles. The number of carbonyl (C=O) groups is 3. The second kappa shape index (κ2) is 11.0. The van der Waals surface area contributed by atoms with Crippen LogP contribution in [0.25, 0.3) is 0 Å². The van der Waals surface area contributed by atoms with Gasteiger partial charge in [0, 0.05) is 50.5 Å². The third kappa shape index (κ3) is 5.14. The van der Waals surface area contributed by atoms with Crippen LogP contribution < -0.4 is 5.32 Å². The lowest BCUT2D eigenvalue weighted by atomic mass is 9.91. The first-order chi connectivity index (χ1) is 17.3. The Kier molecular flexibility index (Phi) is 7.74. The summed E-state index contributed by atoms with van der Waals surface area (Å²) >= 11 is 0. The average Bonchev–Trinajstić information content (AvgIpc) is 2.87. The molecule has 8 heteroatoms. The predicted molar refractivity (Wildman–Crippen MR) is 137 cm³/mol. The van der Waals surface area contributed by atoms with Gasteiger partial charge in [-0.25, -0.2) is 9.59 Å². The van der Waals surface area contributed by atoms with Gasteiger partial charge in [-0.05, 0) is 44.0 Å². The number of amides is 3. The topological polar surface area (TPSA) is 82.2 Å². The van der Waals surface area contributed by atoms with Crippen molar-refractivity contribution in [3.8, 4) is 0 Å². The quantitative estimate of drug-likeness (QED) is 0.628. The number of carbonyl (C=O) groups excluding carboxylic acids is 3. The lowest BCUT2D eigenvalue weighted by Crippen LogP contribution is -2.56. The van der Waals surface area contributed by atoms with E-state index in [1.807, 2.05) is 73.3 Å². The molecule has 36 heavy (non-hydrogen) atoms. The number of urea groups is 1. The number of piperazine rings is 1.